The van der Waals surface area contributed by atoms with E-state index in [1.165, 1.54) is 0 Å². The minimum Gasteiger partial charge on any atom is -0.393 e. The normalized spacial score (nSPS) is 15.4. The van der Waals surface area contributed by atoms with Crippen LogP contribution < -0.4 is 0 Å². The van der Waals surface area contributed by atoms with Gasteiger partial charge in [-0.3, -0.25) is 4.68 Å². The summed E-state index contributed by atoms with van der Waals surface area (Å²) in [4.78, 5) is 0. The molecule has 1 aromatic rings. The molecule has 3 nitrogen and oxygen atoms in total. The lowest BCUT2D eigenvalue weighted by molar-refractivity contribution is 0.147. The third kappa shape index (κ3) is 3.97. The highest BCUT2D eigenvalue weighted by molar-refractivity contribution is 5.01. The smallest absolute Gasteiger partial charge is 0.0650 e. The quantitative estimate of drug-likeness (QED) is 0.807. The van der Waals surface area contributed by atoms with Gasteiger partial charge in [-0.1, -0.05) is 20.8 Å². The molecule has 1 rings (SSSR count). The zero-order valence-electron chi connectivity index (χ0n) is 10.8. The van der Waals surface area contributed by atoms with Crippen molar-refractivity contribution in [3.8, 4) is 0 Å². The first-order valence-electron chi connectivity index (χ1n) is 6.25. The number of hydrogen-bond acceptors (Lipinski definition) is 2. The summed E-state index contributed by atoms with van der Waals surface area (Å²) >= 11 is 0. The predicted molar refractivity (Wildman–Crippen MR) is 66.4 cm³/mol. The Morgan fingerprint density at radius 1 is 1.38 bits per heavy atom. The summed E-state index contributed by atoms with van der Waals surface area (Å²) in [5.74, 6) is 0.534. The van der Waals surface area contributed by atoms with Crippen molar-refractivity contribution in [3.05, 3.63) is 18.0 Å². The van der Waals surface area contributed by atoms with Crippen molar-refractivity contribution in [3.63, 3.8) is 0 Å². The average molecular weight is 224 g/mol. The summed E-state index contributed by atoms with van der Waals surface area (Å²) in [6.45, 7) is 8.56. The van der Waals surface area contributed by atoms with Crippen LogP contribution in [0, 0.1) is 5.92 Å². The van der Waals surface area contributed by atoms with Gasteiger partial charge in [-0.2, -0.15) is 5.10 Å². The van der Waals surface area contributed by atoms with Gasteiger partial charge in [0.2, 0.25) is 0 Å². The highest BCUT2D eigenvalue weighted by Crippen LogP contribution is 2.12. The molecule has 16 heavy (non-hydrogen) atoms. The van der Waals surface area contributed by atoms with Crippen LogP contribution >= 0.6 is 0 Å². The Hall–Kier alpha value is -0.830. The highest BCUT2D eigenvalue weighted by Gasteiger charge is 2.11. The average Bonchev–Trinajstić information content (AvgIpc) is 2.63. The molecule has 3 heteroatoms. The maximum Gasteiger partial charge on any atom is 0.0650 e. The van der Waals surface area contributed by atoms with Gasteiger partial charge in [0, 0.05) is 18.7 Å². The Morgan fingerprint density at radius 2 is 2.06 bits per heavy atom. The molecule has 0 aliphatic rings. The van der Waals surface area contributed by atoms with Crippen LogP contribution in [0.3, 0.4) is 0 Å². The molecule has 2 unspecified atom stereocenters. The fraction of sp³-hybridized carbons (Fsp3) is 0.769. The monoisotopic (exact) mass is 224 g/mol. The van der Waals surface area contributed by atoms with Crippen LogP contribution in [-0.2, 0) is 6.42 Å². The molecule has 0 aliphatic heterocycles. The minimum atomic E-state index is -0.264. The number of aliphatic hydroxyl groups is 1. The zero-order valence-corrected chi connectivity index (χ0v) is 10.8. The molecule has 0 saturated heterocycles. The molecule has 1 aromatic heterocycles. The molecule has 1 heterocycles. The number of hydrogen-bond donors (Lipinski definition) is 1. The van der Waals surface area contributed by atoms with Gasteiger partial charge < -0.3 is 5.11 Å². The van der Waals surface area contributed by atoms with Crippen LogP contribution in [0.4, 0.5) is 0 Å². The summed E-state index contributed by atoms with van der Waals surface area (Å²) in [5.41, 5.74) is 0.994. The first-order valence-corrected chi connectivity index (χ1v) is 6.25. The maximum absolute atomic E-state index is 9.83. The molecule has 0 radical (unpaired) electrons. The number of nitrogens with zero attached hydrogens (tertiary/aromatic N) is 2. The predicted octanol–water partition coefficient (Wildman–Crippen LogP) is 2.80. The molecule has 92 valence electrons. The van der Waals surface area contributed by atoms with Crippen LogP contribution in [0.25, 0.3) is 0 Å². The van der Waals surface area contributed by atoms with E-state index in [1.54, 1.807) is 0 Å². The van der Waals surface area contributed by atoms with E-state index in [2.05, 4.69) is 32.8 Å². The molecular formula is C13H24N2O. The molecule has 0 bridgehead atoms. The van der Waals surface area contributed by atoms with Crippen molar-refractivity contribution in [1.82, 2.24) is 9.78 Å². The fourth-order valence-electron chi connectivity index (χ4n) is 1.79. The second kappa shape index (κ2) is 6.04. The van der Waals surface area contributed by atoms with Gasteiger partial charge in [-0.25, -0.2) is 0 Å². The summed E-state index contributed by atoms with van der Waals surface area (Å²) in [5, 5.41) is 14.3. The molecule has 0 aromatic carbocycles. The molecule has 1 N–H and O–H groups in total. The third-order valence-electron chi connectivity index (χ3n) is 2.89. The van der Waals surface area contributed by atoms with Gasteiger partial charge in [-0.15, -0.1) is 0 Å². The number of aromatic nitrogens is 2. The Bertz CT molecular complexity index is 307. The summed E-state index contributed by atoms with van der Waals surface area (Å²) in [7, 11) is 0. The standard InChI is InChI=1S/C13H24N2O/c1-5-11(4)15-7-6-12(14-15)9-13(16)8-10(2)3/h6-7,10-11,13,16H,5,8-9H2,1-4H3. The third-order valence-corrected chi connectivity index (χ3v) is 2.89. The number of aliphatic hydroxyl groups excluding tert-OH is 1. The lowest BCUT2D eigenvalue weighted by Gasteiger charge is -2.12. The van der Waals surface area contributed by atoms with E-state index in [-0.39, 0.29) is 6.10 Å². The van der Waals surface area contributed by atoms with Gasteiger partial charge in [0.25, 0.3) is 0 Å². The Labute approximate surface area is 98.5 Å². The Kier molecular flexibility index (Phi) is 5.00. The van der Waals surface area contributed by atoms with E-state index >= 15 is 0 Å². The molecule has 2 atom stereocenters. The van der Waals surface area contributed by atoms with Gasteiger partial charge in [0.05, 0.1) is 11.8 Å². The maximum atomic E-state index is 9.83. The van der Waals surface area contributed by atoms with E-state index in [0.29, 0.717) is 18.4 Å². The van der Waals surface area contributed by atoms with E-state index in [4.69, 9.17) is 0 Å². The SMILES string of the molecule is CCC(C)n1ccc(CC(O)CC(C)C)n1. The van der Waals surface area contributed by atoms with Crippen molar-refractivity contribution >= 4 is 0 Å². The second-order valence-electron chi connectivity index (χ2n) is 5.03. The highest BCUT2D eigenvalue weighted by atomic mass is 16.3. The minimum absolute atomic E-state index is 0.264. The molecule has 0 amide bonds. The lowest BCUT2D eigenvalue weighted by atomic mass is 10.0. The lowest BCUT2D eigenvalue weighted by Crippen LogP contribution is -2.14. The zero-order chi connectivity index (χ0) is 12.1. The first kappa shape index (κ1) is 13.2. The molecule has 0 fully saturated rings. The van der Waals surface area contributed by atoms with E-state index in [0.717, 1.165) is 18.5 Å². The van der Waals surface area contributed by atoms with Crippen LogP contribution in [0.2, 0.25) is 0 Å². The van der Waals surface area contributed by atoms with Crippen LogP contribution in [0.5, 0.6) is 0 Å². The van der Waals surface area contributed by atoms with Crippen molar-refractivity contribution in [2.45, 2.75) is 59.1 Å². The first-order chi connectivity index (χ1) is 7.52. The Balaban J connectivity index is 2.51. The van der Waals surface area contributed by atoms with E-state index in [9.17, 15) is 5.11 Å². The molecule has 0 saturated carbocycles. The summed E-state index contributed by atoms with van der Waals surface area (Å²) in [6, 6.07) is 2.45. The van der Waals surface area contributed by atoms with E-state index < -0.39 is 0 Å². The summed E-state index contributed by atoms with van der Waals surface area (Å²) < 4.78 is 1.98. The topological polar surface area (TPSA) is 38.0 Å². The van der Waals surface area contributed by atoms with Crippen LogP contribution in [-0.4, -0.2) is 21.0 Å². The largest absolute Gasteiger partial charge is 0.393 e. The van der Waals surface area contributed by atoms with Gasteiger partial charge in [0.1, 0.15) is 0 Å². The molecular weight excluding hydrogens is 200 g/mol. The van der Waals surface area contributed by atoms with Gasteiger partial charge >= 0.3 is 0 Å². The van der Waals surface area contributed by atoms with Crippen molar-refractivity contribution < 1.29 is 5.11 Å². The fourth-order valence-corrected chi connectivity index (χ4v) is 1.79. The molecule has 0 spiro atoms. The van der Waals surface area contributed by atoms with Gasteiger partial charge in [0.15, 0.2) is 0 Å². The van der Waals surface area contributed by atoms with Gasteiger partial charge in [-0.05, 0) is 31.7 Å². The van der Waals surface area contributed by atoms with Crippen LogP contribution in [0.1, 0.15) is 52.3 Å². The second-order valence-corrected chi connectivity index (χ2v) is 5.03. The van der Waals surface area contributed by atoms with Crippen molar-refractivity contribution in [1.29, 1.82) is 0 Å². The van der Waals surface area contributed by atoms with Crippen molar-refractivity contribution in [2.24, 2.45) is 5.92 Å². The molecule has 0 aliphatic carbocycles. The van der Waals surface area contributed by atoms with Crippen molar-refractivity contribution in [2.75, 3.05) is 0 Å². The van der Waals surface area contributed by atoms with Crippen LogP contribution in [0.15, 0.2) is 12.3 Å². The summed E-state index contributed by atoms with van der Waals surface area (Å²) in [6.07, 6.45) is 4.33. The Morgan fingerprint density at radius 3 is 2.62 bits per heavy atom. The van der Waals surface area contributed by atoms with E-state index in [1.807, 2.05) is 16.9 Å². The number of rotatable bonds is 6.